The maximum absolute atomic E-state index is 13.1. The number of piperidine rings is 1. The average Bonchev–Trinajstić information content (AvgIpc) is 2.85. The van der Waals surface area contributed by atoms with E-state index in [0.717, 1.165) is 29.0 Å². The standard InChI is InChI=1S/C26H27N3O4/c1-32-20-9-7-18(8-10-20)21-11-12-24(30)29-15-17-13-19(25(21)29)16-28(14-17)26(31)27-22-5-3-4-6-23(22)33-2/h3-12,17,19H,13-16H2,1-2H3,(H,27,31)/t17-,19-/m0/s1. The van der Waals surface area contributed by atoms with Gasteiger partial charge in [0.15, 0.2) is 0 Å². The molecule has 1 fully saturated rings. The Balaban J connectivity index is 1.45. The third-order valence-corrected chi connectivity index (χ3v) is 6.63. The van der Waals surface area contributed by atoms with Gasteiger partial charge in [-0.15, -0.1) is 0 Å². The number of rotatable bonds is 4. The van der Waals surface area contributed by atoms with Crippen molar-refractivity contribution in [3.05, 3.63) is 76.7 Å². The van der Waals surface area contributed by atoms with Crippen LogP contribution in [0.15, 0.2) is 65.5 Å². The van der Waals surface area contributed by atoms with Gasteiger partial charge in [0, 0.05) is 42.9 Å². The van der Waals surface area contributed by atoms with Gasteiger partial charge in [-0.3, -0.25) is 4.79 Å². The lowest BCUT2D eigenvalue weighted by atomic mass is 9.80. The van der Waals surface area contributed by atoms with Crippen molar-refractivity contribution < 1.29 is 14.3 Å². The topological polar surface area (TPSA) is 72.8 Å². The molecule has 170 valence electrons. The van der Waals surface area contributed by atoms with Crippen LogP contribution in [0.2, 0.25) is 0 Å². The van der Waals surface area contributed by atoms with Crippen molar-refractivity contribution in [3.8, 4) is 22.6 Å². The summed E-state index contributed by atoms with van der Waals surface area (Å²) in [7, 11) is 3.23. The van der Waals surface area contributed by atoms with Gasteiger partial charge in [-0.25, -0.2) is 4.79 Å². The highest BCUT2D eigenvalue weighted by Gasteiger charge is 2.38. The number of hydrogen-bond donors (Lipinski definition) is 1. The normalized spacial score (nSPS) is 18.9. The molecule has 0 radical (unpaired) electrons. The lowest BCUT2D eigenvalue weighted by Crippen LogP contribution is -2.50. The summed E-state index contributed by atoms with van der Waals surface area (Å²) >= 11 is 0. The van der Waals surface area contributed by atoms with E-state index >= 15 is 0 Å². The monoisotopic (exact) mass is 445 g/mol. The Bertz CT molecular complexity index is 1240. The van der Waals surface area contributed by atoms with Gasteiger partial charge in [0.1, 0.15) is 11.5 Å². The molecule has 7 nitrogen and oxygen atoms in total. The van der Waals surface area contributed by atoms with Gasteiger partial charge >= 0.3 is 6.03 Å². The van der Waals surface area contributed by atoms with Gasteiger partial charge in [0.25, 0.3) is 5.56 Å². The number of para-hydroxylation sites is 2. The highest BCUT2D eigenvalue weighted by Crippen LogP contribution is 2.40. The number of nitrogens with one attached hydrogen (secondary N) is 1. The van der Waals surface area contributed by atoms with Crippen molar-refractivity contribution in [2.45, 2.75) is 18.9 Å². The molecule has 2 aromatic carbocycles. The maximum atomic E-state index is 13.1. The number of carbonyl (C=O) groups excluding carboxylic acids is 1. The van der Waals surface area contributed by atoms with Gasteiger partial charge in [-0.05, 0) is 48.2 Å². The van der Waals surface area contributed by atoms with E-state index in [-0.39, 0.29) is 23.4 Å². The van der Waals surface area contributed by atoms with E-state index in [4.69, 9.17) is 9.47 Å². The summed E-state index contributed by atoms with van der Waals surface area (Å²) in [4.78, 5) is 27.8. The Morgan fingerprint density at radius 3 is 2.48 bits per heavy atom. The van der Waals surface area contributed by atoms with E-state index in [1.54, 1.807) is 20.3 Å². The Morgan fingerprint density at radius 2 is 1.73 bits per heavy atom. The summed E-state index contributed by atoms with van der Waals surface area (Å²) in [6, 6.07) is 18.7. The van der Waals surface area contributed by atoms with Crippen molar-refractivity contribution >= 4 is 11.7 Å². The van der Waals surface area contributed by atoms with Crippen LogP contribution < -0.4 is 20.3 Å². The van der Waals surface area contributed by atoms with Crippen LogP contribution in [0.4, 0.5) is 10.5 Å². The third-order valence-electron chi connectivity index (χ3n) is 6.63. The number of anilines is 1. The number of fused-ring (bicyclic) bond motifs is 4. The molecule has 1 N–H and O–H groups in total. The Kier molecular flexibility index (Phi) is 5.54. The largest absolute Gasteiger partial charge is 0.497 e. The molecule has 0 aliphatic carbocycles. The number of nitrogens with zero attached hydrogens (tertiary/aromatic N) is 2. The average molecular weight is 446 g/mol. The Labute approximate surface area is 192 Å². The first-order valence-electron chi connectivity index (χ1n) is 11.1. The van der Waals surface area contributed by atoms with Gasteiger partial charge < -0.3 is 24.3 Å². The summed E-state index contributed by atoms with van der Waals surface area (Å²) in [6.07, 6.45) is 0.963. The first-order chi connectivity index (χ1) is 16.1. The third kappa shape index (κ3) is 3.95. The van der Waals surface area contributed by atoms with E-state index in [0.29, 0.717) is 31.1 Å². The molecular formula is C26H27N3O4. The molecule has 7 heteroatoms. The minimum Gasteiger partial charge on any atom is -0.497 e. The van der Waals surface area contributed by atoms with E-state index in [1.807, 2.05) is 64.1 Å². The highest BCUT2D eigenvalue weighted by atomic mass is 16.5. The van der Waals surface area contributed by atoms with Crippen LogP contribution in [0.3, 0.4) is 0 Å². The smallest absolute Gasteiger partial charge is 0.321 e. The molecule has 5 rings (SSSR count). The van der Waals surface area contributed by atoms with Crippen LogP contribution in [0, 0.1) is 5.92 Å². The molecule has 2 amide bonds. The number of amides is 2. The molecule has 2 bridgehead atoms. The maximum Gasteiger partial charge on any atom is 0.321 e. The zero-order chi connectivity index (χ0) is 22.9. The van der Waals surface area contributed by atoms with Crippen LogP contribution in [-0.2, 0) is 6.54 Å². The van der Waals surface area contributed by atoms with Crippen molar-refractivity contribution in [2.24, 2.45) is 5.92 Å². The molecule has 3 aromatic rings. The number of likely N-dealkylation sites (tertiary alicyclic amines) is 1. The fourth-order valence-corrected chi connectivity index (χ4v) is 5.14. The summed E-state index contributed by atoms with van der Waals surface area (Å²) in [5.41, 5.74) is 3.75. The molecule has 2 aliphatic rings. The highest BCUT2D eigenvalue weighted by molar-refractivity contribution is 5.91. The molecule has 0 unspecified atom stereocenters. The lowest BCUT2D eigenvalue weighted by molar-refractivity contribution is 0.140. The fraction of sp³-hybridized carbons (Fsp3) is 0.308. The second-order valence-electron chi connectivity index (χ2n) is 8.64. The van der Waals surface area contributed by atoms with Gasteiger partial charge in [0.2, 0.25) is 0 Å². The second-order valence-corrected chi connectivity index (χ2v) is 8.64. The molecule has 33 heavy (non-hydrogen) atoms. The van der Waals surface area contributed by atoms with Crippen LogP contribution in [0.1, 0.15) is 18.0 Å². The molecule has 1 aromatic heterocycles. The Morgan fingerprint density at radius 1 is 0.939 bits per heavy atom. The van der Waals surface area contributed by atoms with E-state index < -0.39 is 0 Å². The summed E-state index contributed by atoms with van der Waals surface area (Å²) in [5, 5.41) is 2.99. The van der Waals surface area contributed by atoms with Crippen molar-refractivity contribution in [1.29, 1.82) is 0 Å². The van der Waals surface area contributed by atoms with Crippen LogP contribution in [0.5, 0.6) is 11.5 Å². The zero-order valence-electron chi connectivity index (χ0n) is 18.8. The van der Waals surface area contributed by atoms with Crippen molar-refractivity contribution in [1.82, 2.24) is 9.47 Å². The predicted octanol–water partition coefficient (Wildman–Crippen LogP) is 4.18. The summed E-state index contributed by atoms with van der Waals surface area (Å²) in [6.45, 7) is 1.80. The van der Waals surface area contributed by atoms with Gasteiger partial charge in [-0.1, -0.05) is 24.3 Å². The molecule has 1 saturated heterocycles. The van der Waals surface area contributed by atoms with Crippen LogP contribution in [0.25, 0.3) is 11.1 Å². The second kappa shape index (κ2) is 8.65. The van der Waals surface area contributed by atoms with E-state index in [9.17, 15) is 9.59 Å². The molecular weight excluding hydrogens is 418 g/mol. The minimum atomic E-state index is -0.146. The first kappa shape index (κ1) is 21.1. The number of methoxy groups -OCH3 is 2. The first-order valence-corrected chi connectivity index (χ1v) is 11.1. The number of urea groups is 1. The van der Waals surface area contributed by atoms with Crippen molar-refractivity contribution in [2.75, 3.05) is 32.6 Å². The molecule has 3 heterocycles. The summed E-state index contributed by atoms with van der Waals surface area (Å²) < 4.78 is 12.6. The zero-order valence-corrected chi connectivity index (χ0v) is 18.8. The number of ether oxygens (including phenoxy) is 2. The Hall–Kier alpha value is -3.74. The van der Waals surface area contributed by atoms with Crippen LogP contribution >= 0.6 is 0 Å². The quantitative estimate of drug-likeness (QED) is 0.654. The number of aromatic nitrogens is 1. The number of pyridine rings is 1. The van der Waals surface area contributed by atoms with E-state index in [2.05, 4.69) is 5.32 Å². The fourth-order valence-electron chi connectivity index (χ4n) is 5.14. The van der Waals surface area contributed by atoms with Crippen molar-refractivity contribution in [3.63, 3.8) is 0 Å². The van der Waals surface area contributed by atoms with Gasteiger partial charge in [-0.2, -0.15) is 0 Å². The molecule has 0 spiro atoms. The molecule has 0 saturated carbocycles. The van der Waals surface area contributed by atoms with Crippen LogP contribution in [-0.4, -0.2) is 42.8 Å². The predicted molar refractivity (Wildman–Crippen MR) is 127 cm³/mol. The SMILES string of the molecule is COc1ccc(-c2ccc(=O)n3c2[C@H]2C[C@@H](CN(C(=O)Nc4ccccc4OC)C2)C3)cc1. The number of benzene rings is 2. The number of carbonyl (C=O) groups is 1. The van der Waals surface area contributed by atoms with E-state index in [1.165, 1.54) is 0 Å². The van der Waals surface area contributed by atoms with Gasteiger partial charge in [0.05, 0.1) is 19.9 Å². The molecule has 2 aliphatic heterocycles. The minimum absolute atomic E-state index is 0.0175. The summed E-state index contributed by atoms with van der Waals surface area (Å²) in [5.74, 6) is 1.75. The number of hydrogen-bond acceptors (Lipinski definition) is 4. The molecule has 2 atom stereocenters. The lowest BCUT2D eigenvalue weighted by Gasteiger charge is -2.43.